The van der Waals surface area contributed by atoms with Gasteiger partial charge in [0.25, 0.3) is 0 Å². The van der Waals surface area contributed by atoms with E-state index in [4.69, 9.17) is 14.9 Å². The van der Waals surface area contributed by atoms with E-state index in [-0.39, 0.29) is 12.8 Å². The minimum Gasteiger partial charge on any atom is -0.504 e. The van der Waals surface area contributed by atoms with Crippen LogP contribution in [-0.4, -0.2) is 53.5 Å². The summed E-state index contributed by atoms with van der Waals surface area (Å²) in [6.07, 6.45) is 9.42. The van der Waals surface area contributed by atoms with Crippen molar-refractivity contribution < 1.29 is 32.9 Å². The number of alkyl halides is 3. The molecule has 0 fully saturated rings. The van der Waals surface area contributed by atoms with E-state index in [1.165, 1.54) is 57.8 Å². The zero-order valence-electron chi connectivity index (χ0n) is 21.7. The first-order chi connectivity index (χ1) is 17.2. The Bertz CT molecular complexity index is 735. The lowest BCUT2D eigenvalue weighted by Gasteiger charge is -2.22. The van der Waals surface area contributed by atoms with E-state index in [1.807, 2.05) is 0 Å². The molecular formula is C28H44F3NO4. The van der Waals surface area contributed by atoms with Gasteiger partial charge in [-0.1, -0.05) is 76.8 Å². The Morgan fingerprint density at radius 3 is 1.97 bits per heavy atom. The van der Waals surface area contributed by atoms with Gasteiger partial charge in [-0.2, -0.15) is 13.2 Å². The highest BCUT2D eigenvalue weighted by Gasteiger charge is 2.33. The maximum Gasteiger partial charge on any atom is 0.448 e. The Hall–Kier alpha value is -2.22. The summed E-state index contributed by atoms with van der Waals surface area (Å²) in [5.74, 6) is -1.76. The second kappa shape index (κ2) is 19.0. The van der Waals surface area contributed by atoms with Crippen LogP contribution in [0.4, 0.5) is 13.2 Å². The van der Waals surface area contributed by atoms with Gasteiger partial charge in [0.05, 0.1) is 0 Å². The number of ether oxygens (including phenoxy) is 1. The van der Waals surface area contributed by atoms with Crippen molar-refractivity contribution in [2.45, 2.75) is 96.6 Å². The fourth-order valence-electron chi connectivity index (χ4n) is 3.96. The third kappa shape index (κ3) is 16.5. The summed E-state index contributed by atoms with van der Waals surface area (Å²) in [7, 11) is 0. The van der Waals surface area contributed by atoms with Gasteiger partial charge in [-0.25, -0.2) is 0 Å². The number of carbonyl (C=O) groups is 1. The van der Waals surface area contributed by atoms with Gasteiger partial charge in [-0.05, 0) is 56.1 Å². The fraction of sp³-hybridized carbons (Fsp3) is 0.679. The van der Waals surface area contributed by atoms with E-state index in [2.05, 4.69) is 11.8 Å². The number of nitrogens with zero attached hydrogens (tertiary/aromatic N) is 1. The van der Waals surface area contributed by atoms with Crippen LogP contribution in [0.5, 0.6) is 5.75 Å². The standard InChI is InChI=1S/C28H44F3NO4/c1-2-3-4-5-6-7-8-9-10-11-20-32(21-12-13-27(34)35)22-23-36-25-17-14-24(15-18-25)16-19-26(33)28(29,30)31/h14-15,17-19,33H,2-13,16,20-23H2,1H3,(H,34,35)/b26-19-. The van der Waals surface area contributed by atoms with Crippen molar-refractivity contribution in [3.05, 3.63) is 41.7 Å². The van der Waals surface area contributed by atoms with Crippen LogP contribution >= 0.6 is 0 Å². The number of carboxylic acids is 1. The zero-order chi connectivity index (χ0) is 26.7. The second-order valence-electron chi connectivity index (χ2n) is 9.30. The van der Waals surface area contributed by atoms with Gasteiger partial charge in [0, 0.05) is 13.0 Å². The van der Waals surface area contributed by atoms with Crippen molar-refractivity contribution in [3.63, 3.8) is 0 Å². The SMILES string of the molecule is CCCCCCCCCCCCN(CCCC(=O)O)CCOc1ccc(C/C=C(\O)C(F)(F)F)cc1. The summed E-state index contributed by atoms with van der Waals surface area (Å²) in [5.41, 5.74) is 0.634. The molecule has 0 saturated heterocycles. The molecule has 0 atom stereocenters. The normalized spacial score (nSPS) is 12.3. The molecule has 0 aliphatic carbocycles. The van der Waals surface area contributed by atoms with E-state index in [0.29, 0.717) is 37.4 Å². The van der Waals surface area contributed by atoms with Crippen molar-refractivity contribution in [2.24, 2.45) is 0 Å². The number of rotatable bonds is 21. The maximum atomic E-state index is 12.4. The highest BCUT2D eigenvalue weighted by Crippen LogP contribution is 2.23. The fourth-order valence-corrected chi connectivity index (χ4v) is 3.96. The topological polar surface area (TPSA) is 70.0 Å². The molecule has 206 valence electrons. The number of carboxylic acid groups (broad SMARTS) is 1. The van der Waals surface area contributed by atoms with Crippen LogP contribution in [0, 0.1) is 0 Å². The predicted octanol–water partition coefficient (Wildman–Crippen LogP) is 7.70. The number of aliphatic hydroxyl groups is 1. The Balaban J connectivity index is 2.34. The molecule has 1 aromatic rings. The lowest BCUT2D eigenvalue weighted by atomic mass is 10.1. The number of aliphatic hydroxyl groups excluding tert-OH is 1. The van der Waals surface area contributed by atoms with Gasteiger partial charge in [-0.15, -0.1) is 0 Å². The molecule has 0 aliphatic heterocycles. The first-order valence-electron chi connectivity index (χ1n) is 13.3. The highest BCUT2D eigenvalue weighted by molar-refractivity contribution is 5.66. The minimum absolute atomic E-state index is 0.0260. The van der Waals surface area contributed by atoms with E-state index < -0.39 is 17.9 Å². The van der Waals surface area contributed by atoms with Crippen molar-refractivity contribution in [1.29, 1.82) is 0 Å². The lowest BCUT2D eigenvalue weighted by molar-refractivity contribution is -0.137. The average molecular weight is 516 g/mol. The molecule has 0 spiro atoms. The van der Waals surface area contributed by atoms with Crippen molar-refractivity contribution in [3.8, 4) is 5.75 Å². The van der Waals surface area contributed by atoms with E-state index in [9.17, 15) is 18.0 Å². The number of benzene rings is 1. The summed E-state index contributed by atoms with van der Waals surface area (Å²) in [6.45, 7) is 4.98. The monoisotopic (exact) mass is 515 g/mol. The Morgan fingerprint density at radius 2 is 1.42 bits per heavy atom. The van der Waals surface area contributed by atoms with Gasteiger partial charge in [0.1, 0.15) is 12.4 Å². The molecule has 1 rings (SSSR count). The summed E-state index contributed by atoms with van der Waals surface area (Å²) < 4.78 is 42.9. The van der Waals surface area contributed by atoms with Crippen molar-refractivity contribution >= 4 is 5.97 Å². The number of unbranched alkanes of at least 4 members (excludes halogenated alkanes) is 9. The molecule has 0 amide bonds. The van der Waals surface area contributed by atoms with Gasteiger partial charge in [-0.3, -0.25) is 9.69 Å². The zero-order valence-corrected chi connectivity index (χ0v) is 21.7. The lowest BCUT2D eigenvalue weighted by Crippen LogP contribution is -2.31. The van der Waals surface area contributed by atoms with Crippen molar-refractivity contribution in [1.82, 2.24) is 4.90 Å². The van der Waals surface area contributed by atoms with Gasteiger partial charge in [0.15, 0.2) is 5.76 Å². The van der Waals surface area contributed by atoms with E-state index >= 15 is 0 Å². The Kier molecular flexibility index (Phi) is 16.8. The van der Waals surface area contributed by atoms with Gasteiger partial charge in [0.2, 0.25) is 0 Å². The molecule has 1 aromatic carbocycles. The summed E-state index contributed by atoms with van der Waals surface area (Å²) in [6, 6.07) is 6.74. The molecule has 0 aromatic heterocycles. The average Bonchev–Trinajstić information content (AvgIpc) is 2.83. The Morgan fingerprint density at radius 1 is 0.861 bits per heavy atom. The largest absolute Gasteiger partial charge is 0.504 e. The van der Waals surface area contributed by atoms with E-state index in [0.717, 1.165) is 19.0 Å². The van der Waals surface area contributed by atoms with Crippen LogP contribution in [0.25, 0.3) is 0 Å². The van der Waals surface area contributed by atoms with Crippen LogP contribution in [-0.2, 0) is 11.2 Å². The van der Waals surface area contributed by atoms with Gasteiger partial charge >= 0.3 is 12.1 Å². The molecule has 36 heavy (non-hydrogen) atoms. The van der Waals surface area contributed by atoms with Crippen LogP contribution < -0.4 is 4.74 Å². The molecular weight excluding hydrogens is 471 g/mol. The number of hydrogen-bond donors (Lipinski definition) is 2. The predicted molar refractivity (Wildman–Crippen MR) is 138 cm³/mol. The number of hydrogen-bond acceptors (Lipinski definition) is 4. The van der Waals surface area contributed by atoms with E-state index in [1.54, 1.807) is 24.3 Å². The summed E-state index contributed by atoms with van der Waals surface area (Å²) >= 11 is 0. The minimum atomic E-state index is -4.73. The molecule has 5 nitrogen and oxygen atoms in total. The van der Waals surface area contributed by atoms with Crippen LogP contribution in [0.15, 0.2) is 36.1 Å². The summed E-state index contributed by atoms with van der Waals surface area (Å²) in [5, 5.41) is 17.9. The second-order valence-corrected chi connectivity index (χ2v) is 9.30. The third-order valence-corrected chi connectivity index (χ3v) is 6.11. The molecule has 0 radical (unpaired) electrons. The molecule has 0 aliphatic rings. The number of allylic oxidation sites excluding steroid dienone is 2. The highest BCUT2D eigenvalue weighted by atomic mass is 19.4. The van der Waals surface area contributed by atoms with Crippen LogP contribution in [0.3, 0.4) is 0 Å². The molecule has 0 heterocycles. The quantitative estimate of drug-likeness (QED) is 0.130. The number of halogens is 3. The van der Waals surface area contributed by atoms with Crippen molar-refractivity contribution in [2.75, 3.05) is 26.2 Å². The number of aliphatic carboxylic acids is 1. The Labute approximate surface area is 214 Å². The maximum absolute atomic E-state index is 12.4. The summed E-state index contributed by atoms with van der Waals surface area (Å²) in [4.78, 5) is 13.1. The first-order valence-corrected chi connectivity index (χ1v) is 13.3. The van der Waals surface area contributed by atoms with Crippen LogP contribution in [0.1, 0.15) is 89.5 Å². The molecule has 0 saturated carbocycles. The molecule has 0 unspecified atom stereocenters. The first kappa shape index (κ1) is 31.8. The molecule has 8 heteroatoms. The molecule has 2 N–H and O–H groups in total. The third-order valence-electron chi connectivity index (χ3n) is 6.11. The smallest absolute Gasteiger partial charge is 0.448 e. The molecule has 0 bridgehead atoms. The van der Waals surface area contributed by atoms with Gasteiger partial charge < -0.3 is 14.9 Å². The van der Waals surface area contributed by atoms with Crippen LogP contribution in [0.2, 0.25) is 0 Å².